The van der Waals surface area contributed by atoms with Crippen LogP contribution in [0, 0.1) is 5.82 Å². The van der Waals surface area contributed by atoms with Gasteiger partial charge in [0.15, 0.2) is 10.9 Å². The Morgan fingerprint density at radius 3 is 2.73 bits per heavy atom. The number of thioether (sulfide) groups is 1. The maximum atomic E-state index is 12.9. The Hall–Kier alpha value is -1.89. The zero-order valence-corrected chi connectivity index (χ0v) is 13.3. The van der Waals surface area contributed by atoms with E-state index in [0.717, 1.165) is 12.8 Å². The molecule has 0 radical (unpaired) electrons. The monoisotopic (exact) mass is 323 g/mol. The molecule has 22 heavy (non-hydrogen) atoms. The predicted octanol–water partition coefficient (Wildman–Crippen LogP) is 2.87. The minimum absolute atomic E-state index is 0.123. The zero-order valence-electron chi connectivity index (χ0n) is 12.5. The Kier molecular flexibility index (Phi) is 5.54. The first kappa shape index (κ1) is 16.5. The van der Waals surface area contributed by atoms with E-state index in [-0.39, 0.29) is 17.3 Å². The molecule has 2 aromatic rings. The lowest BCUT2D eigenvalue weighted by Crippen LogP contribution is -2.19. The zero-order chi connectivity index (χ0) is 16.1. The van der Waals surface area contributed by atoms with Gasteiger partial charge in [-0.3, -0.25) is 9.36 Å². The largest absolute Gasteiger partial charge is 0.343 e. The number of aromatic amines is 1. The Balaban J connectivity index is 2.11. The number of nitrogens with zero attached hydrogens (tertiary/aromatic N) is 2. The van der Waals surface area contributed by atoms with Crippen LogP contribution in [0.1, 0.15) is 37.0 Å². The highest BCUT2D eigenvalue weighted by Crippen LogP contribution is 2.23. The number of Topliss-reactive ketones (excluding diaryl/α,β-unsaturated/α-hetero) is 1. The molecule has 0 bridgehead atoms. The van der Waals surface area contributed by atoms with Gasteiger partial charge in [0.2, 0.25) is 0 Å². The molecule has 1 aromatic heterocycles. The number of benzene rings is 1. The lowest BCUT2D eigenvalue weighted by Gasteiger charge is -2.10. The summed E-state index contributed by atoms with van der Waals surface area (Å²) >= 11 is 1.23. The second-order valence-corrected chi connectivity index (χ2v) is 6.26. The fourth-order valence-corrected chi connectivity index (χ4v) is 2.93. The van der Waals surface area contributed by atoms with E-state index < -0.39 is 5.25 Å². The number of carbonyl (C=O) groups is 1. The quantitative estimate of drug-likeness (QED) is 0.628. The van der Waals surface area contributed by atoms with E-state index in [9.17, 15) is 14.0 Å². The number of ketones is 1. The second-order valence-electron chi connectivity index (χ2n) is 4.95. The first-order chi connectivity index (χ1) is 10.5. The average molecular weight is 323 g/mol. The first-order valence-corrected chi connectivity index (χ1v) is 8.02. The van der Waals surface area contributed by atoms with E-state index >= 15 is 0 Å². The normalized spacial score (nSPS) is 12.3. The van der Waals surface area contributed by atoms with Crippen molar-refractivity contribution < 1.29 is 9.18 Å². The highest BCUT2D eigenvalue weighted by atomic mass is 32.2. The fourth-order valence-electron chi connectivity index (χ4n) is 1.97. The number of H-pyrrole nitrogens is 1. The molecule has 0 saturated carbocycles. The fraction of sp³-hybridized carbons (Fsp3) is 0.400. The Morgan fingerprint density at radius 1 is 1.41 bits per heavy atom. The van der Waals surface area contributed by atoms with Crippen LogP contribution in [-0.2, 0) is 6.54 Å². The van der Waals surface area contributed by atoms with Crippen LogP contribution < -0.4 is 5.69 Å². The molecule has 0 aliphatic heterocycles. The molecule has 118 valence electrons. The number of rotatable bonds is 7. The Morgan fingerprint density at radius 2 is 2.09 bits per heavy atom. The van der Waals surface area contributed by atoms with E-state index in [0.29, 0.717) is 17.3 Å². The van der Waals surface area contributed by atoms with Gasteiger partial charge in [-0.25, -0.2) is 14.3 Å². The summed E-state index contributed by atoms with van der Waals surface area (Å²) in [7, 11) is 0. The summed E-state index contributed by atoms with van der Waals surface area (Å²) in [5.41, 5.74) is 0.178. The molecule has 0 aliphatic carbocycles. The van der Waals surface area contributed by atoms with Crippen LogP contribution in [-0.4, -0.2) is 25.8 Å². The standard InChI is InChI=1S/C15H18FN3O2S/c1-3-4-9-19-14(21)17-18-15(19)22-10(2)13(20)11-5-7-12(16)8-6-11/h5-8,10H,3-4,9H2,1-2H3,(H,17,21). The number of nitrogens with one attached hydrogen (secondary N) is 1. The number of halogens is 1. The van der Waals surface area contributed by atoms with E-state index in [1.54, 1.807) is 11.5 Å². The first-order valence-electron chi connectivity index (χ1n) is 7.14. The molecular weight excluding hydrogens is 305 g/mol. The smallest absolute Gasteiger partial charge is 0.293 e. The SMILES string of the molecule is CCCCn1c(SC(C)C(=O)c2ccc(F)cc2)n[nH]c1=O. The topological polar surface area (TPSA) is 67.8 Å². The van der Waals surface area contributed by atoms with Crippen molar-refractivity contribution in [2.45, 2.75) is 43.6 Å². The molecule has 1 unspecified atom stereocenters. The molecule has 0 spiro atoms. The molecule has 1 heterocycles. The van der Waals surface area contributed by atoms with Crippen LogP contribution in [0.25, 0.3) is 0 Å². The molecular formula is C15H18FN3O2S. The third kappa shape index (κ3) is 3.85. The van der Waals surface area contributed by atoms with Gasteiger partial charge < -0.3 is 0 Å². The van der Waals surface area contributed by atoms with Gasteiger partial charge >= 0.3 is 5.69 Å². The third-order valence-corrected chi connectivity index (χ3v) is 4.33. The van der Waals surface area contributed by atoms with Gasteiger partial charge in [0.25, 0.3) is 0 Å². The van der Waals surface area contributed by atoms with Gasteiger partial charge in [0.05, 0.1) is 5.25 Å². The molecule has 0 fully saturated rings. The van der Waals surface area contributed by atoms with E-state index in [1.165, 1.54) is 36.0 Å². The summed E-state index contributed by atoms with van der Waals surface area (Å²) < 4.78 is 14.4. The van der Waals surface area contributed by atoms with Gasteiger partial charge in [-0.1, -0.05) is 25.1 Å². The van der Waals surface area contributed by atoms with Crippen LogP contribution in [0.3, 0.4) is 0 Å². The summed E-state index contributed by atoms with van der Waals surface area (Å²) in [6.45, 7) is 4.36. The maximum Gasteiger partial charge on any atom is 0.343 e. The molecule has 0 aliphatic rings. The van der Waals surface area contributed by atoms with Crippen molar-refractivity contribution in [2.75, 3.05) is 0 Å². The van der Waals surface area contributed by atoms with Gasteiger partial charge in [-0.05, 0) is 37.6 Å². The van der Waals surface area contributed by atoms with Gasteiger partial charge in [0.1, 0.15) is 5.82 Å². The van der Waals surface area contributed by atoms with Crippen molar-refractivity contribution >= 4 is 17.5 Å². The minimum atomic E-state index is -0.416. The average Bonchev–Trinajstić information content (AvgIpc) is 2.85. The summed E-state index contributed by atoms with van der Waals surface area (Å²) in [5, 5.41) is 6.47. The van der Waals surface area contributed by atoms with Crippen LogP contribution in [0.2, 0.25) is 0 Å². The molecule has 1 aromatic carbocycles. The van der Waals surface area contributed by atoms with Crippen LogP contribution >= 0.6 is 11.8 Å². The van der Waals surface area contributed by atoms with E-state index in [2.05, 4.69) is 10.2 Å². The minimum Gasteiger partial charge on any atom is -0.293 e. The Bertz CT molecular complexity index is 694. The number of hydrogen-bond acceptors (Lipinski definition) is 4. The summed E-state index contributed by atoms with van der Waals surface area (Å²) in [6, 6.07) is 5.44. The molecule has 5 nitrogen and oxygen atoms in total. The molecule has 2 rings (SSSR count). The highest BCUT2D eigenvalue weighted by molar-refractivity contribution is 8.00. The van der Waals surface area contributed by atoms with E-state index in [4.69, 9.17) is 0 Å². The van der Waals surface area contributed by atoms with Gasteiger partial charge in [0, 0.05) is 12.1 Å². The van der Waals surface area contributed by atoms with Crippen LogP contribution in [0.4, 0.5) is 4.39 Å². The number of aromatic nitrogens is 3. The van der Waals surface area contributed by atoms with Crippen molar-refractivity contribution in [3.63, 3.8) is 0 Å². The summed E-state index contributed by atoms with van der Waals surface area (Å²) in [6.07, 6.45) is 1.83. The van der Waals surface area contributed by atoms with Crippen molar-refractivity contribution in [2.24, 2.45) is 0 Å². The molecule has 1 atom stereocenters. The van der Waals surface area contributed by atoms with Crippen molar-refractivity contribution in [1.82, 2.24) is 14.8 Å². The Labute approximate surface area is 131 Å². The lowest BCUT2D eigenvalue weighted by atomic mass is 10.1. The predicted molar refractivity (Wildman–Crippen MR) is 83.8 cm³/mol. The van der Waals surface area contributed by atoms with E-state index in [1.807, 2.05) is 6.92 Å². The third-order valence-electron chi connectivity index (χ3n) is 3.24. The number of carbonyl (C=O) groups excluding carboxylic acids is 1. The van der Waals surface area contributed by atoms with Gasteiger partial charge in [-0.2, -0.15) is 0 Å². The molecule has 7 heteroatoms. The highest BCUT2D eigenvalue weighted by Gasteiger charge is 2.20. The molecule has 0 saturated heterocycles. The molecule has 1 N–H and O–H groups in total. The van der Waals surface area contributed by atoms with Crippen LogP contribution in [0.15, 0.2) is 34.2 Å². The summed E-state index contributed by atoms with van der Waals surface area (Å²) in [4.78, 5) is 24.0. The van der Waals surface area contributed by atoms with Crippen molar-refractivity contribution in [3.05, 3.63) is 46.1 Å². The lowest BCUT2D eigenvalue weighted by molar-refractivity contribution is 0.0994. The van der Waals surface area contributed by atoms with Crippen LogP contribution in [0.5, 0.6) is 0 Å². The maximum absolute atomic E-state index is 12.9. The van der Waals surface area contributed by atoms with Crippen molar-refractivity contribution in [1.29, 1.82) is 0 Å². The van der Waals surface area contributed by atoms with Gasteiger partial charge in [-0.15, -0.1) is 5.10 Å². The number of hydrogen-bond donors (Lipinski definition) is 1. The second kappa shape index (κ2) is 7.40. The number of unbranched alkanes of at least 4 members (excludes halogenated alkanes) is 1. The molecule has 0 amide bonds. The summed E-state index contributed by atoms with van der Waals surface area (Å²) in [5.74, 6) is -0.500. The van der Waals surface area contributed by atoms with Crippen molar-refractivity contribution in [3.8, 4) is 0 Å².